The van der Waals surface area contributed by atoms with Gasteiger partial charge in [0.1, 0.15) is 0 Å². The summed E-state index contributed by atoms with van der Waals surface area (Å²) in [5.41, 5.74) is 2.88. The van der Waals surface area contributed by atoms with Gasteiger partial charge in [-0.05, 0) is 58.8 Å². The molecule has 0 saturated heterocycles. The standard InChI is InChI=1S/C16H21BrN2S/c1-12-5-6-13(17)14(9-12)19-15-18-10-16(11-20-15)7-3-2-4-8-16/h5-6,9H,2-4,7-8,10-11H2,1H3,(H,18,19). The minimum absolute atomic E-state index is 0.498. The second kappa shape index (κ2) is 6.10. The van der Waals surface area contributed by atoms with Gasteiger partial charge in [-0.15, -0.1) is 0 Å². The van der Waals surface area contributed by atoms with Crippen molar-refractivity contribution < 1.29 is 0 Å². The molecule has 20 heavy (non-hydrogen) atoms. The number of anilines is 1. The van der Waals surface area contributed by atoms with Crippen molar-refractivity contribution in [2.45, 2.75) is 39.0 Å². The highest BCUT2D eigenvalue weighted by molar-refractivity contribution is 9.10. The molecule has 108 valence electrons. The molecule has 0 unspecified atom stereocenters. The first-order valence-electron chi connectivity index (χ1n) is 7.37. The number of aliphatic imine (C=N–C) groups is 1. The van der Waals surface area contributed by atoms with Crippen LogP contribution in [-0.4, -0.2) is 17.5 Å². The van der Waals surface area contributed by atoms with Crippen molar-refractivity contribution in [2.75, 3.05) is 17.6 Å². The SMILES string of the molecule is Cc1ccc(Br)c(NC2=NCC3(CCCCC3)CS2)c1. The van der Waals surface area contributed by atoms with Gasteiger partial charge in [-0.25, -0.2) is 0 Å². The monoisotopic (exact) mass is 352 g/mol. The molecular weight excluding hydrogens is 332 g/mol. The molecule has 1 aliphatic heterocycles. The van der Waals surface area contributed by atoms with E-state index >= 15 is 0 Å². The fourth-order valence-electron chi connectivity index (χ4n) is 3.08. The van der Waals surface area contributed by atoms with Gasteiger partial charge in [-0.1, -0.05) is 37.1 Å². The van der Waals surface area contributed by atoms with Crippen LogP contribution in [0.5, 0.6) is 0 Å². The predicted molar refractivity (Wildman–Crippen MR) is 92.8 cm³/mol. The fourth-order valence-corrected chi connectivity index (χ4v) is 4.59. The van der Waals surface area contributed by atoms with E-state index in [2.05, 4.69) is 46.4 Å². The Morgan fingerprint density at radius 1 is 1.25 bits per heavy atom. The van der Waals surface area contributed by atoms with Gasteiger partial charge in [0.25, 0.3) is 0 Å². The first-order chi connectivity index (χ1) is 9.67. The van der Waals surface area contributed by atoms with E-state index in [0.29, 0.717) is 5.41 Å². The number of rotatable bonds is 1. The van der Waals surface area contributed by atoms with Crippen molar-refractivity contribution in [1.82, 2.24) is 0 Å². The van der Waals surface area contributed by atoms with Crippen molar-refractivity contribution in [3.63, 3.8) is 0 Å². The molecule has 1 N–H and O–H groups in total. The van der Waals surface area contributed by atoms with Crippen LogP contribution < -0.4 is 5.32 Å². The van der Waals surface area contributed by atoms with Crippen molar-refractivity contribution >= 4 is 38.5 Å². The summed E-state index contributed by atoms with van der Waals surface area (Å²) >= 11 is 5.50. The summed E-state index contributed by atoms with van der Waals surface area (Å²) < 4.78 is 1.10. The highest BCUT2D eigenvalue weighted by Crippen LogP contribution is 2.42. The third-order valence-electron chi connectivity index (χ3n) is 4.35. The number of aryl methyl sites for hydroxylation is 1. The summed E-state index contributed by atoms with van der Waals surface area (Å²) in [4.78, 5) is 4.82. The first kappa shape index (κ1) is 14.5. The van der Waals surface area contributed by atoms with Gasteiger partial charge in [0, 0.05) is 16.8 Å². The van der Waals surface area contributed by atoms with E-state index in [9.17, 15) is 0 Å². The van der Waals surface area contributed by atoms with Crippen LogP contribution in [-0.2, 0) is 0 Å². The summed E-state index contributed by atoms with van der Waals surface area (Å²) in [6, 6.07) is 6.37. The normalized spacial score (nSPS) is 21.6. The lowest BCUT2D eigenvalue weighted by molar-refractivity contribution is 0.232. The van der Waals surface area contributed by atoms with Crippen LogP contribution in [0.15, 0.2) is 27.7 Å². The molecular formula is C16H21BrN2S. The number of hydrogen-bond acceptors (Lipinski definition) is 3. The smallest absolute Gasteiger partial charge is 0.161 e. The number of thioether (sulfide) groups is 1. The van der Waals surface area contributed by atoms with Crippen LogP contribution in [0, 0.1) is 12.3 Å². The van der Waals surface area contributed by atoms with Gasteiger partial charge in [-0.2, -0.15) is 0 Å². The van der Waals surface area contributed by atoms with E-state index in [4.69, 9.17) is 4.99 Å². The zero-order valence-corrected chi connectivity index (χ0v) is 14.3. The highest BCUT2D eigenvalue weighted by atomic mass is 79.9. The summed E-state index contributed by atoms with van der Waals surface area (Å²) in [5, 5.41) is 4.55. The fraction of sp³-hybridized carbons (Fsp3) is 0.562. The van der Waals surface area contributed by atoms with Crippen molar-refractivity contribution in [3.8, 4) is 0 Å². The number of nitrogens with one attached hydrogen (secondary N) is 1. The van der Waals surface area contributed by atoms with Crippen LogP contribution in [0.25, 0.3) is 0 Å². The molecule has 4 heteroatoms. The molecule has 1 saturated carbocycles. The Bertz CT molecular complexity index is 521. The van der Waals surface area contributed by atoms with Gasteiger partial charge in [0.2, 0.25) is 0 Å². The van der Waals surface area contributed by atoms with E-state index in [0.717, 1.165) is 21.9 Å². The summed E-state index contributed by atoms with van der Waals surface area (Å²) in [5.74, 6) is 1.22. The molecule has 1 heterocycles. The Morgan fingerprint density at radius 3 is 2.75 bits per heavy atom. The van der Waals surface area contributed by atoms with Gasteiger partial charge in [0.05, 0.1) is 5.69 Å². The molecule has 2 nitrogen and oxygen atoms in total. The molecule has 1 fully saturated rings. The van der Waals surface area contributed by atoms with Crippen LogP contribution in [0.2, 0.25) is 0 Å². The van der Waals surface area contributed by atoms with Crippen LogP contribution in [0.3, 0.4) is 0 Å². The average molecular weight is 353 g/mol. The van der Waals surface area contributed by atoms with E-state index in [1.165, 1.54) is 43.4 Å². The summed E-state index contributed by atoms with van der Waals surface area (Å²) in [6.07, 6.45) is 6.93. The van der Waals surface area contributed by atoms with E-state index in [-0.39, 0.29) is 0 Å². The predicted octanol–water partition coefficient (Wildman–Crippen LogP) is 5.22. The molecule has 3 rings (SSSR count). The Labute approximate surface area is 134 Å². The largest absolute Gasteiger partial charge is 0.334 e. The number of benzene rings is 1. The van der Waals surface area contributed by atoms with Gasteiger partial charge in [-0.3, -0.25) is 4.99 Å². The van der Waals surface area contributed by atoms with Crippen LogP contribution in [0.4, 0.5) is 5.69 Å². The lowest BCUT2D eigenvalue weighted by atomic mass is 9.75. The number of hydrogen-bond donors (Lipinski definition) is 1. The molecule has 0 bridgehead atoms. The molecule has 2 aliphatic rings. The average Bonchev–Trinajstić information content (AvgIpc) is 2.47. The lowest BCUT2D eigenvalue weighted by Gasteiger charge is -2.38. The lowest BCUT2D eigenvalue weighted by Crippen LogP contribution is -2.35. The van der Waals surface area contributed by atoms with Gasteiger partial charge >= 0.3 is 0 Å². The van der Waals surface area contributed by atoms with Gasteiger partial charge < -0.3 is 5.32 Å². The van der Waals surface area contributed by atoms with Crippen molar-refractivity contribution in [2.24, 2.45) is 10.4 Å². The van der Waals surface area contributed by atoms with Crippen LogP contribution in [0.1, 0.15) is 37.7 Å². The second-order valence-electron chi connectivity index (χ2n) is 6.08. The van der Waals surface area contributed by atoms with Gasteiger partial charge in [0.15, 0.2) is 5.17 Å². The number of nitrogens with zero attached hydrogens (tertiary/aromatic N) is 1. The molecule has 1 spiro atoms. The second-order valence-corrected chi connectivity index (χ2v) is 7.90. The molecule has 1 aromatic carbocycles. The molecule has 1 aliphatic carbocycles. The minimum Gasteiger partial charge on any atom is -0.334 e. The van der Waals surface area contributed by atoms with Crippen LogP contribution >= 0.6 is 27.7 Å². The topological polar surface area (TPSA) is 24.4 Å². The Morgan fingerprint density at radius 2 is 2.05 bits per heavy atom. The van der Waals surface area contributed by atoms with E-state index in [1.807, 2.05) is 11.8 Å². The zero-order chi connectivity index (χ0) is 14.0. The molecule has 0 aromatic heterocycles. The van der Waals surface area contributed by atoms with Crippen molar-refractivity contribution in [1.29, 1.82) is 0 Å². The third-order valence-corrected chi connectivity index (χ3v) is 6.30. The maximum atomic E-state index is 4.82. The van der Waals surface area contributed by atoms with E-state index in [1.54, 1.807) is 0 Å². The maximum absolute atomic E-state index is 4.82. The molecule has 0 radical (unpaired) electrons. The number of halogens is 1. The summed E-state index contributed by atoms with van der Waals surface area (Å²) in [7, 11) is 0. The highest BCUT2D eigenvalue weighted by Gasteiger charge is 2.34. The maximum Gasteiger partial charge on any atom is 0.161 e. The minimum atomic E-state index is 0.498. The van der Waals surface area contributed by atoms with Crippen molar-refractivity contribution in [3.05, 3.63) is 28.2 Å². The first-order valence-corrected chi connectivity index (χ1v) is 9.15. The van der Waals surface area contributed by atoms with E-state index < -0.39 is 0 Å². The Kier molecular flexibility index (Phi) is 4.41. The zero-order valence-electron chi connectivity index (χ0n) is 11.9. The quantitative estimate of drug-likeness (QED) is 0.748. The molecule has 0 atom stereocenters. The molecule has 1 aromatic rings. The summed E-state index contributed by atoms with van der Waals surface area (Å²) in [6.45, 7) is 3.12. The Balaban J connectivity index is 1.69. The third kappa shape index (κ3) is 3.22. The number of amidine groups is 1. The molecule has 0 amide bonds. The Hall–Kier alpha value is -0.480.